The number of hydrogen-bond acceptors (Lipinski definition) is 7. The van der Waals surface area contributed by atoms with Crippen LogP contribution in [0.1, 0.15) is 28.4 Å². The lowest BCUT2D eigenvalue weighted by atomic mass is 9.96. The summed E-state index contributed by atoms with van der Waals surface area (Å²) >= 11 is 0. The molecule has 30 heavy (non-hydrogen) atoms. The molecule has 1 heterocycles. The monoisotopic (exact) mass is 404 g/mol. The van der Waals surface area contributed by atoms with Crippen molar-refractivity contribution in [3.63, 3.8) is 0 Å². The van der Waals surface area contributed by atoms with Gasteiger partial charge in [0.2, 0.25) is 0 Å². The number of nitrogen functional groups attached to an aromatic ring is 2. The number of hydrogen-bond donors (Lipinski definition) is 2. The van der Waals surface area contributed by atoms with Gasteiger partial charge in [-0.25, -0.2) is 9.47 Å². The third-order valence-corrected chi connectivity index (χ3v) is 4.43. The van der Waals surface area contributed by atoms with E-state index in [1.165, 1.54) is 0 Å². The first kappa shape index (κ1) is 20.5. The third-order valence-electron chi connectivity index (χ3n) is 4.43. The normalized spacial score (nSPS) is 10.3. The lowest BCUT2D eigenvalue weighted by Crippen LogP contribution is -2.34. The molecule has 0 aliphatic heterocycles. The maximum Gasteiger partial charge on any atom is 0.342 e. The van der Waals surface area contributed by atoms with Gasteiger partial charge in [0.15, 0.2) is 0 Å². The van der Waals surface area contributed by atoms with Crippen LogP contribution >= 0.6 is 0 Å². The number of carbonyl (C=O) groups excluding carboxylic acids is 1. The Hall–Kier alpha value is -4.25. The van der Waals surface area contributed by atoms with Gasteiger partial charge in [-0.05, 0) is 30.2 Å². The Kier molecular flexibility index (Phi) is 6.03. The van der Waals surface area contributed by atoms with Crippen molar-refractivity contribution in [2.75, 3.05) is 18.2 Å². The Balaban J connectivity index is 2.03. The standard InChI is InChI=1S/C22H20N4O4/c1-2-29-22(28)19-18(17(12-23)21(27)26(25)20(19)24)15-8-10-16(11-9-15)30-13-14-6-4-3-5-7-14/h3-11H,2,13,24-25H2,1H3. The molecule has 1 aromatic heterocycles. The average molecular weight is 404 g/mol. The van der Waals surface area contributed by atoms with Crippen LogP contribution in [0.3, 0.4) is 0 Å². The van der Waals surface area contributed by atoms with Crippen molar-refractivity contribution >= 4 is 11.8 Å². The molecule has 0 aliphatic rings. The van der Waals surface area contributed by atoms with Crippen molar-refractivity contribution in [1.82, 2.24) is 4.68 Å². The highest BCUT2D eigenvalue weighted by Gasteiger charge is 2.26. The first-order chi connectivity index (χ1) is 14.5. The van der Waals surface area contributed by atoms with E-state index in [9.17, 15) is 14.9 Å². The van der Waals surface area contributed by atoms with E-state index in [1.807, 2.05) is 36.4 Å². The van der Waals surface area contributed by atoms with Gasteiger partial charge in [0.05, 0.1) is 6.61 Å². The van der Waals surface area contributed by atoms with Gasteiger partial charge in [-0.3, -0.25) is 4.79 Å². The van der Waals surface area contributed by atoms with Crippen LogP contribution in [-0.2, 0) is 11.3 Å². The summed E-state index contributed by atoms with van der Waals surface area (Å²) in [6, 6.07) is 18.1. The Morgan fingerprint density at radius 2 is 1.80 bits per heavy atom. The van der Waals surface area contributed by atoms with Crippen LogP contribution in [0.2, 0.25) is 0 Å². The van der Waals surface area contributed by atoms with E-state index in [-0.39, 0.29) is 29.1 Å². The number of ether oxygens (including phenoxy) is 2. The number of nitrogens with zero attached hydrogens (tertiary/aromatic N) is 2. The van der Waals surface area contributed by atoms with Crippen LogP contribution in [0.25, 0.3) is 11.1 Å². The van der Waals surface area contributed by atoms with Crippen molar-refractivity contribution in [3.8, 4) is 22.9 Å². The summed E-state index contributed by atoms with van der Waals surface area (Å²) in [6.45, 7) is 2.11. The summed E-state index contributed by atoms with van der Waals surface area (Å²) in [4.78, 5) is 24.9. The highest BCUT2D eigenvalue weighted by molar-refractivity contribution is 6.03. The minimum atomic E-state index is -0.803. The van der Waals surface area contributed by atoms with Crippen LogP contribution in [0.15, 0.2) is 59.4 Å². The summed E-state index contributed by atoms with van der Waals surface area (Å²) in [5.74, 6) is 5.19. The molecule has 8 heteroatoms. The maximum absolute atomic E-state index is 12.5. The maximum atomic E-state index is 12.5. The molecular weight excluding hydrogens is 384 g/mol. The lowest BCUT2D eigenvalue weighted by molar-refractivity contribution is 0.0527. The topological polar surface area (TPSA) is 133 Å². The van der Waals surface area contributed by atoms with Crippen LogP contribution in [0.5, 0.6) is 5.75 Å². The van der Waals surface area contributed by atoms with E-state index in [0.29, 0.717) is 22.6 Å². The molecule has 0 amide bonds. The first-order valence-corrected chi connectivity index (χ1v) is 9.15. The predicted molar refractivity (Wildman–Crippen MR) is 112 cm³/mol. The number of nitriles is 1. The predicted octanol–water partition coefficient (Wildman–Crippen LogP) is 2.44. The van der Waals surface area contributed by atoms with Crippen LogP contribution < -0.4 is 21.9 Å². The highest BCUT2D eigenvalue weighted by Crippen LogP contribution is 2.31. The molecule has 0 unspecified atom stereocenters. The van der Waals surface area contributed by atoms with E-state index in [1.54, 1.807) is 31.2 Å². The second-order valence-electron chi connectivity index (χ2n) is 6.32. The minimum Gasteiger partial charge on any atom is -0.489 e. The molecule has 0 spiro atoms. The largest absolute Gasteiger partial charge is 0.489 e. The van der Waals surface area contributed by atoms with Gasteiger partial charge >= 0.3 is 5.97 Å². The third kappa shape index (κ3) is 3.95. The lowest BCUT2D eigenvalue weighted by Gasteiger charge is -2.16. The van der Waals surface area contributed by atoms with Crippen LogP contribution in [-0.4, -0.2) is 17.3 Å². The van der Waals surface area contributed by atoms with Gasteiger partial charge in [-0.15, -0.1) is 0 Å². The van der Waals surface area contributed by atoms with Crippen LogP contribution in [0, 0.1) is 11.3 Å². The van der Waals surface area contributed by atoms with Crippen molar-refractivity contribution in [2.45, 2.75) is 13.5 Å². The second-order valence-corrected chi connectivity index (χ2v) is 6.32. The van der Waals surface area contributed by atoms with Crippen molar-refractivity contribution in [3.05, 3.63) is 81.6 Å². The Morgan fingerprint density at radius 1 is 1.13 bits per heavy atom. The molecule has 3 aromatic rings. The first-order valence-electron chi connectivity index (χ1n) is 9.15. The number of esters is 1. The highest BCUT2D eigenvalue weighted by atomic mass is 16.5. The molecule has 4 N–H and O–H groups in total. The molecule has 0 fully saturated rings. The summed E-state index contributed by atoms with van der Waals surface area (Å²) < 4.78 is 11.4. The molecule has 3 rings (SSSR count). The zero-order valence-corrected chi connectivity index (χ0v) is 16.3. The van der Waals surface area contributed by atoms with E-state index in [4.69, 9.17) is 21.1 Å². The van der Waals surface area contributed by atoms with Gasteiger partial charge < -0.3 is 21.1 Å². The van der Waals surface area contributed by atoms with Gasteiger partial charge in [-0.1, -0.05) is 42.5 Å². The summed E-state index contributed by atoms with van der Waals surface area (Å²) in [6.07, 6.45) is 0. The summed E-state index contributed by atoms with van der Waals surface area (Å²) in [7, 11) is 0. The Bertz CT molecular complexity index is 1160. The number of rotatable bonds is 6. The number of carbonyl (C=O) groups is 1. The summed E-state index contributed by atoms with van der Waals surface area (Å²) in [5, 5.41) is 9.54. The number of pyridine rings is 1. The van der Waals surface area contributed by atoms with Crippen molar-refractivity contribution in [2.24, 2.45) is 0 Å². The number of anilines is 1. The fourth-order valence-electron chi connectivity index (χ4n) is 2.97. The second kappa shape index (κ2) is 8.84. The van der Waals surface area contributed by atoms with Gasteiger partial charge in [-0.2, -0.15) is 5.26 Å². The molecule has 0 saturated carbocycles. The van der Waals surface area contributed by atoms with E-state index >= 15 is 0 Å². The van der Waals surface area contributed by atoms with Gasteiger partial charge in [0.25, 0.3) is 5.56 Å². The number of nitrogens with two attached hydrogens (primary N) is 2. The summed E-state index contributed by atoms with van der Waals surface area (Å²) in [5.41, 5.74) is 6.21. The van der Waals surface area contributed by atoms with Crippen LogP contribution in [0.4, 0.5) is 5.82 Å². The molecule has 8 nitrogen and oxygen atoms in total. The molecule has 0 radical (unpaired) electrons. The van der Waals surface area contributed by atoms with Gasteiger partial charge in [0.1, 0.15) is 35.4 Å². The van der Waals surface area contributed by atoms with Gasteiger partial charge in [0, 0.05) is 5.56 Å². The molecule has 152 valence electrons. The zero-order chi connectivity index (χ0) is 21.7. The van der Waals surface area contributed by atoms with Crippen molar-refractivity contribution in [1.29, 1.82) is 5.26 Å². The van der Waals surface area contributed by atoms with Crippen molar-refractivity contribution < 1.29 is 14.3 Å². The minimum absolute atomic E-state index is 0.0785. The van der Waals surface area contributed by atoms with E-state index in [2.05, 4.69) is 0 Å². The fourth-order valence-corrected chi connectivity index (χ4v) is 2.97. The number of benzene rings is 2. The molecule has 0 atom stereocenters. The Morgan fingerprint density at radius 3 is 2.40 bits per heavy atom. The average Bonchev–Trinajstić information content (AvgIpc) is 2.77. The van der Waals surface area contributed by atoms with E-state index in [0.717, 1.165) is 5.56 Å². The molecule has 0 saturated heterocycles. The molecule has 0 aliphatic carbocycles. The SMILES string of the molecule is CCOC(=O)c1c(-c2ccc(OCc3ccccc3)cc2)c(C#N)c(=O)n(N)c1N. The zero-order valence-electron chi connectivity index (χ0n) is 16.3. The molecule has 2 aromatic carbocycles. The Labute approximate surface area is 172 Å². The number of aromatic nitrogens is 1. The van der Waals surface area contributed by atoms with E-state index < -0.39 is 11.5 Å². The molecule has 0 bridgehead atoms. The molecular formula is C22H20N4O4. The smallest absolute Gasteiger partial charge is 0.342 e. The quantitative estimate of drug-likeness (QED) is 0.476. The fraction of sp³-hybridized carbons (Fsp3) is 0.136.